The van der Waals surface area contributed by atoms with Crippen LogP contribution >= 0.6 is 15.9 Å². The number of oxazole rings is 1. The number of fused-ring (bicyclic) bond motifs is 1. The molecule has 0 amide bonds. The minimum Gasteiger partial charge on any atom is -0.481 e. The smallest absolute Gasteiger partial charge is 0.303 e. The topological polar surface area (TPSA) is 63.3 Å². The molecule has 0 aliphatic rings. The van der Waals surface area contributed by atoms with Gasteiger partial charge < -0.3 is 9.52 Å². The van der Waals surface area contributed by atoms with Gasteiger partial charge in [-0.1, -0.05) is 15.9 Å². The maximum Gasteiger partial charge on any atom is 0.303 e. The Labute approximate surface area is 100 Å². The van der Waals surface area contributed by atoms with E-state index < -0.39 is 5.97 Å². The predicted octanol–water partition coefficient (Wildman–Crippen LogP) is 3.00. The Morgan fingerprint density at radius 2 is 2.31 bits per heavy atom. The lowest BCUT2D eigenvalue weighted by Crippen LogP contribution is -1.95. The number of aromatic nitrogens is 1. The van der Waals surface area contributed by atoms with Crippen LogP contribution in [0.25, 0.3) is 11.1 Å². The fraction of sp³-hybridized carbons (Fsp3) is 0.273. The van der Waals surface area contributed by atoms with Crippen LogP contribution in [0, 0.1) is 0 Å². The minimum absolute atomic E-state index is 0.141. The Hall–Kier alpha value is -1.36. The Balaban J connectivity index is 2.10. The third-order valence-electron chi connectivity index (χ3n) is 2.18. The SMILES string of the molecule is O=C(O)CCCc1nc2cc(Br)ccc2o1. The number of hydrogen-bond acceptors (Lipinski definition) is 3. The number of aryl methyl sites for hydroxylation is 1. The van der Waals surface area contributed by atoms with Crippen LogP contribution in [0.1, 0.15) is 18.7 Å². The molecule has 1 aromatic carbocycles. The van der Waals surface area contributed by atoms with E-state index in [-0.39, 0.29) is 6.42 Å². The number of hydrogen-bond donors (Lipinski definition) is 1. The number of rotatable bonds is 4. The molecule has 0 saturated carbocycles. The van der Waals surface area contributed by atoms with Gasteiger partial charge in [0.05, 0.1) is 0 Å². The highest BCUT2D eigenvalue weighted by Gasteiger charge is 2.06. The summed E-state index contributed by atoms with van der Waals surface area (Å²) in [5, 5.41) is 8.51. The van der Waals surface area contributed by atoms with Crippen LogP contribution in [-0.4, -0.2) is 16.1 Å². The molecule has 0 saturated heterocycles. The first-order valence-corrected chi connectivity index (χ1v) is 5.71. The van der Waals surface area contributed by atoms with Gasteiger partial charge in [0.2, 0.25) is 0 Å². The second kappa shape index (κ2) is 4.65. The fourth-order valence-corrected chi connectivity index (χ4v) is 1.80. The zero-order valence-corrected chi connectivity index (χ0v) is 10.0. The van der Waals surface area contributed by atoms with Crippen molar-refractivity contribution in [2.75, 3.05) is 0 Å². The molecule has 0 aliphatic heterocycles. The normalized spacial score (nSPS) is 10.8. The van der Waals surface area contributed by atoms with Gasteiger partial charge in [0.15, 0.2) is 11.5 Å². The molecule has 5 heteroatoms. The van der Waals surface area contributed by atoms with Gasteiger partial charge in [-0.2, -0.15) is 0 Å². The molecule has 0 aliphatic carbocycles. The zero-order valence-electron chi connectivity index (χ0n) is 8.44. The number of aliphatic carboxylic acids is 1. The van der Waals surface area contributed by atoms with E-state index in [0.29, 0.717) is 18.7 Å². The van der Waals surface area contributed by atoms with Crippen molar-refractivity contribution in [1.29, 1.82) is 0 Å². The maximum atomic E-state index is 10.3. The average Bonchev–Trinajstić information content (AvgIpc) is 2.58. The molecule has 2 rings (SSSR count). The van der Waals surface area contributed by atoms with Gasteiger partial charge in [0.1, 0.15) is 5.52 Å². The summed E-state index contributed by atoms with van der Waals surface area (Å²) >= 11 is 3.35. The van der Waals surface area contributed by atoms with Crippen molar-refractivity contribution in [2.45, 2.75) is 19.3 Å². The summed E-state index contributed by atoms with van der Waals surface area (Å²) in [7, 11) is 0. The number of carboxylic acid groups (broad SMARTS) is 1. The highest BCUT2D eigenvalue weighted by molar-refractivity contribution is 9.10. The van der Waals surface area contributed by atoms with E-state index in [1.54, 1.807) is 0 Å². The molecular weight excluding hydrogens is 274 g/mol. The molecule has 2 aromatic rings. The largest absolute Gasteiger partial charge is 0.481 e. The highest BCUT2D eigenvalue weighted by Crippen LogP contribution is 2.21. The highest BCUT2D eigenvalue weighted by atomic mass is 79.9. The third-order valence-corrected chi connectivity index (χ3v) is 2.67. The van der Waals surface area contributed by atoms with Crippen molar-refractivity contribution in [3.63, 3.8) is 0 Å². The molecule has 1 heterocycles. The monoisotopic (exact) mass is 283 g/mol. The van der Waals surface area contributed by atoms with E-state index >= 15 is 0 Å². The lowest BCUT2D eigenvalue weighted by atomic mass is 10.2. The summed E-state index contributed by atoms with van der Waals surface area (Å²) in [5.74, 6) is -0.201. The molecular formula is C11H10BrNO3. The fourth-order valence-electron chi connectivity index (χ4n) is 1.45. The Bertz CT molecular complexity index is 521. The summed E-state index contributed by atoms with van der Waals surface area (Å²) in [6, 6.07) is 5.60. The van der Waals surface area contributed by atoms with Gasteiger partial charge in [-0.05, 0) is 24.6 Å². The van der Waals surface area contributed by atoms with Crippen LogP contribution in [0.4, 0.5) is 0 Å². The molecule has 4 nitrogen and oxygen atoms in total. The molecule has 0 unspecified atom stereocenters. The molecule has 84 valence electrons. The van der Waals surface area contributed by atoms with E-state index in [1.807, 2.05) is 18.2 Å². The molecule has 0 bridgehead atoms. The van der Waals surface area contributed by atoms with Gasteiger partial charge in [-0.25, -0.2) is 4.98 Å². The second-order valence-electron chi connectivity index (χ2n) is 3.47. The third kappa shape index (κ3) is 2.61. The summed E-state index contributed by atoms with van der Waals surface area (Å²) in [5.41, 5.74) is 1.52. The molecule has 0 spiro atoms. The standard InChI is InChI=1S/C11H10BrNO3/c12-7-4-5-9-8(6-7)13-10(16-9)2-1-3-11(14)15/h4-6H,1-3H2,(H,14,15). The van der Waals surface area contributed by atoms with Crippen LogP contribution in [-0.2, 0) is 11.2 Å². The summed E-state index contributed by atoms with van der Waals surface area (Å²) < 4.78 is 6.43. The van der Waals surface area contributed by atoms with Gasteiger partial charge in [0.25, 0.3) is 0 Å². The van der Waals surface area contributed by atoms with Crippen molar-refractivity contribution in [1.82, 2.24) is 4.98 Å². The lowest BCUT2D eigenvalue weighted by molar-refractivity contribution is -0.137. The van der Waals surface area contributed by atoms with Crippen molar-refractivity contribution < 1.29 is 14.3 Å². The molecule has 1 N–H and O–H groups in total. The quantitative estimate of drug-likeness (QED) is 0.937. The van der Waals surface area contributed by atoms with Gasteiger partial charge in [-0.3, -0.25) is 4.79 Å². The Morgan fingerprint density at radius 3 is 3.06 bits per heavy atom. The first-order valence-electron chi connectivity index (χ1n) is 4.92. The predicted molar refractivity (Wildman–Crippen MR) is 62.3 cm³/mol. The van der Waals surface area contributed by atoms with Crippen LogP contribution in [0.2, 0.25) is 0 Å². The van der Waals surface area contributed by atoms with Crippen molar-refractivity contribution in [2.24, 2.45) is 0 Å². The average molecular weight is 284 g/mol. The van der Waals surface area contributed by atoms with E-state index in [0.717, 1.165) is 15.6 Å². The van der Waals surface area contributed by atoms with E-state index in [4.69, 9.17) is 9.52 Å². The van der Waals surface area contributed by atoms with Gasteiger partial charge >= 0.3 is 5.97 Å². The number of carbonyl (C=O) groups is 1. The summed E-state index contributed by atoms with van der Waals surface area (Å²) in [6.07, 6.45) is 1.24. The zero-order chi connectivity index (χ0) is 11.5. The maximum absolute atomic E-state index is 10.3. The number of nitrogens with zero attached hydrogens (tertiary/aromatic N) is 1. The summed E-state index contributed by atoms with van der Waals surface area (Å²) in [6.45, 7) is 0. The van der Waals surface area contributed by atoms with Crippen LogP contribution < -0.4 is 0 Å². The Morgan fingerprint density at radius 1 is 1.50 bits per heavy atom. The van der Waals surface area contributed by atoms with Crippen molar-refractivity contribution in [3.8, 4) is 0 Å². The van der Waals surface area contributed by atoms with E-state index in [2.05, 4.69) is 20.9 Å². The molecule has 0 radical (unpaired) electrons. The van der Waals surface area contributed by atoms with Crippen molar-refractivity contribution in [3.05, 3.63) is 28.6 Å². The first-order chi connectivity index (χ1) is 7.65. The first kappa shape index (κ1) is 11.1. The van der Waals surface area contributed by atoms with Gasteiger partial charge in [-0.15, -0.1) is 0 Å². The molecule has 1 aromatic heterocycles. The number of benzene rings is 1. The number of halogens is 1. The molecule has 0 atom stereocenters. The summed E-state index contributed by atoms with van der Waals surface area (Å²) in [4.78, 5) is 14.6. The van der Waals surface area contributed by atoms with E-state index in [9.17, 15) is 4.79 Å². The Kier molecular flexibility index (Phi) is 3.24. The minimum atomic E-state index is -0.793. The number of carboxylic acids is 1. The van der Waals surface area contributed by atoms with Crippen LogP contribution in [0.3, 0.4) is 0 Å². The van der Waals surface area contributed by atoms with E-state index in [1.165, 1.54) is 0 Å². The molecule has 16 heavy (non-hydrogen) atoms. The van der Waals surface area contributed by atoms with Gasteiger partial charge in [0, 0.05) is 17.3 Å². The lowest BCUT2D eigenvalue weighted by Gasteiger charge is -1.91. The molecule has 0 fully saturated rings. The second-order valence-corrected chi connectivity index (χ2v) is 4.38. The van der Waals surface area contributed by atoms with Crippen LogP contribution in [0.5, 0.6) is 0 Å². The van der Waals surface area contributed by atoms with Crippen LogP contribution in [0.15, 0.2) is 27.1 Å². The van der Waals surface area contributed by atoms with Crippen molar-refractivity contribution >= 4 is 33.0 Å².